The molecule has 27 heteroatoms. The minimum atomic E-state index is -4.50. The summed E-state index contributed by atoms with van der Waals surface area (Å²) in [5.41, 5.74) is -1.48. The van der Waals surface area contributed by atoms with E-state index in [4.69, 9.17) is 16.3 Å². The molecule has 4 N–H and O–H groups in total. The molecule has 5 fully saturated rings. The van der Waals surface area contributed by atoms with Crippen LogP contribution in [0.25, 0.3) is 0 Å². The van der Waals surface area contributed by atoms with Crippen LogP contribution in [0.1, 0.15) is 184 Å². The van der Waals surface area contributed by atoms with E-state index in [0.29, 0.717) is 32.3 Å². The Hall–Kier alpha value is -5.79. The number of likely N-dealkylation sites (N-methyl/N-ethyl adjacent to an activating group) is 5. The number of nitrogens with one attached hydrogen (secondary N) is 4. The van der Waals surface area contributed by atoms with E-state index in [-0.39, 0.29) is 108 Å². The summed E-state index contributed by atoms with van der Waals surface area (Å²) < 4.78 is 47.5. The van der Waals surface area contributed by atoms with E-state index in [0.717, 1.165) is 37.0 Å². The molecule has 2 saturated heterocycles. The van der Waals surface area contributed by atoms with Crippen LogP contribution in [0.2, 0.25) is 0 Å². The van der Waals surface area contributed by atoms with Crippen molar-refractivity contribution in [2.45, 2.75) is 243 Å². The highest BCUT2D eigenvalue weighted by Gasteiger charge is 2.51. The van der Waals surface area contributed by atoms with Gasteiger partial charge in [-0.3, -0.25) is 52.7 Å². The van der Waals surface area contributed by atoms with Gasteiger partial charge in [0.05, 0.1) is 32.2 Å². The van der Waals surface area contributed by atoms with Crippen molar-refractivity contribution in [3.05, 3.63) is 0 Å². The molecule has 94 heavy (non-hydrogen) atoms. The molecule has 5 aliphatic rings. The Bertz CT molecular complexity index is 2620. The van der Waals surface area contributed by atoms with Crippen molar-refractivity contribution in [1.29, 1.82) is 0 Å². The second kappa shape index (κ2) is 36.0. The topological polar surface area (TPSA) is 268 Å². The number of alkyl halides is 4. The second-order valence-corrected chi connectivity index (χ2v) is 29.0. The lowest BCUT2D eigenvalue weighted by molar-refractivity contribution is -0.182. The molecule has 1 spiro atoms. The first-order chi connectivity index (χ1) is 44.2. The van der Waals surface area contributed by atoms with Gasteiger partial charge in [-0.05, 0) is 114 Å². The summed E-state index contributed by atoms with van der Waals surface area (Å²) in [5.74, 6) is -9.74. The number of hydrogen-bond donors (Lipinski definition) is 4. The number of nitrogens with zero attached hydrogens (tertiary/aromatic N) is 7. The van der Waals surface area contributed by atoms with Crippen molar-refractivity contribution >= 4 is 76.6 Å². The lowest BCUT2D eigenvalue weighted by Gasteiger charge is -2.39. The maximum atomic E-state index is 15.1. The number of fused-ring (bicyclic) bond motifs is 1. The molecule has 0 aromatic carbocycles. The summed E-state index contributed by atoms with van der Waals surface area (Å²) in [6.45, 7) is 13.0. The number of halogens is 4. The number of rotatable bonds is 14. The molecule has 2 heterocycles. The van der Waals surface area contributed by atoms with E-state index in [9.17, 15) is 56.3 Å². The van der Waals surface area contributed by atoms with Crippen LogP contribution < -0.4 is 21.3 Å². The Morgan fingerprint density at radius 1 is 0.649 bits per heavy atom. The van der Waals surface area contributed by atoms with Crippen molar-refractivity contribution in [2.75, 3.05) is 81.2 Å². The van der Waals surface area contributed by atoms with Gasteiger partial charge in [0.25, 0.3) is 0 Å². The largest absolute Gasteiger partial charge is 0.393 e. The van der Waals surface area contributed by atoms with E-state index in [1.807, 2.05) is 20.8 Å². The average molecular weight is 1360 g/mol. The van der Waals surface area contributed by atoms with E-state index in [2.05, 4.69) is 21.3 Å². The molecule has 0 aromatic rings. The molecule has 0 aromatic heterocycles. The summed E-state index contributed by atoms with van der Waals surface area (Å²) in [6.07, 6.45) is 2.72. The zero-order chi connectivity index (χ0) is 70.1. The van der Waals surface area contributed by atoms with Gasteiger partial charge in [0.1, 0.15) is 41.8 Å². The molecule has 3 saturated carbocycles. The summed E-state index contributed by atoms with van der Waals surface area (Å²) in [5, 5.41) is 10.5. The van der Waals surface area contributed by atoms with Crippen molar-refractivity contribution < 1.29 is 70.6 Å². The standard InChI is InChI=1S/C67H111ClF3N11O12/c1-14-43(7)57-64(92)77(10)39-56(86)81(32-33-94-15-2)40-55(85)79(12)52(37-45-22-17-16-18-23-45)63(91)76(9)38-53(83)73-49(28-26-46-25-27-47(48(68)36-46)67(69,70)71)62(90)82-31-21-24-50(82)60(88)75-66(29-19-20-30-66)65(93)80(13)58(42(5)6)61(89)72-44(8)35-54(84)78(11)51(34-41(3)4)59(87)74-57/h41-52,57-58H,14-40H2,1-13H3,(H,72,89)(H,73,83)(H,74,87)(H,75,88)/t43-,44+,46?,47?,48?,49-,50-,51-,52-,57-,58-/m0/s1. The maximum Gasteiger partial charge on any atom is 0.393 e. The smallest absolute Gasteiger partial charge is 0.380 e. The maximum absolute atomic E-state index is 15.1. The van der Waals surface area contributed by atoms with Gasteiger partial charge in [-0.1, -0.05) is 92.9 Å². The first-order valence-electron chi connectivity index (χ1n) is 34.5. The molecule has 5 rings (SSSR count). The van der Waals surface area contributed by atoms with Gasteiger partial charge < -0.3 is 60.3 Å². The third kappa shape index (κ3) is 21.4. The van der Waals surface area contributed by atoms with Crippen LogP contribution in [0.4, 0.5) is 13.2 Å². The average Bonchev–Trinajstić information content (AvgIpc) is 1.54. The number of ether oxygens (including phenoxy) is 1. The van der Waals surface area contributed by atoms with E-state index in [1.54, 1.807) is 34.6 Å². The summed E-state index contributed by atoms with van der Waals surface area (Å²) >= 11 is 6.38. The molecular weight excluding hydrogens is 1240 g/mol. The van der Waals surface area contributed by atoms with Gasteiger partial charge in [0, 0.05) is 72.8 Å². The molecule has 11 atom stereocenters. The molecule has 0 bridgehead atoms. The molecule has 2 aliphatic heterocycles. The Morgan fingerprint density at radius 3 is 1.88 bits per heavy atom. The Kier molecular flexibility index (Phi) is 30.2. The van der Waals surface area contributed by atoms with Crippen LogP contribution in [0.5, 0.6) is 0 Å². The van der Waals surface area contributed by atoms with Crippen LogP contribution >= 0.6 is 11.6 Å². The highest BCUT2D eigenvalue weighted by molar-refractivity contribution is 6.20. The molecular formula is C67H111ClF3N11O12. The molecule has 11 amide bonds. The van der Waals surface area contributed by atoms with Gasteiger partial charge >= 0.3 is 6.18 Å². The Labute approximate surface area is 560 Å². The van der Waals surface area contributed by atoms with Gasteiger partial charge in [-0.2, -0.15) is 13.2 Å². The van der Waals surface area contributed by atoms with Gasteiger partial charge in [0.15, 0.2) is 0 Å². The fourth-order valence-electron chi connectivity index (χ4n) is 14.5. The third-order valence-electron chi connectivity index (χ3n) is 20.3. The predicted octanol–water partition coefficient (Wildman–Crippen LogP) is 5.63. The normalized spacial score (nSPS) is 29.1. The Balaban J connectivity index is 1.56. The minimum absolute atomic E-state index is 0.00911. The predicted molar refractivity (Wildman–Crippen MR) is 349 cm³/mol. The fraction of sp³-hybridized carbons (Fsp3) is 0.836. The highest BCUT2D eigenvalue weighted by Crippen LogP contribution is 2.44. The number of amides is 11. The summed E-state index contributed by atoms with van der Waals surface area (Å²) in [7, 11) is 7.24. The minimum Gasteiger partial charge on any atom is -0.380 e. The second-order valence-electron chi connectivity index (χ2n) is 28.4. The third-order valence-corrected chi connectivity index (χ3v) is 20.8. The number of carbonyl (C=O) groups excluding carboxylic acids is 11. The van der Waals surface area contributed by atoms with Crippen molar-refractivity contribution in [1.82, 2.24) is 55.6 Å². The van der Waals surface area contributed by atoms with Crippen LogP contribution in [0.3, 0.4) is 0 Å². The monoisotopic (exact) mass is 1350 g/mol. The first kappa shape index (κ1) is 78.9. The van der Waals surface area contributed by atoms with Gasteiger partial charge in [-0.15, -0.1) is 11.6 Å². The highest BCUT2D eigenvalue weighted by atomic mass is 35.5. The van der Waals surface area contributed by atoms with Crippen molar-refractivity contribution in [3.63, 3.8) is 0 Å². The molecule has 3 unspecified atom stereocenters. The van der Waals surface area contributed by atoms with Crippen LogP contribution in [0, 0.1) is 35.5 Å². The van der Waals surface area contributed by atoms with Crippen LogP contribution in [0.15, 0.2) is 0 Å². The summed E-state index contributed by atoms with van der Waals surface area (Å²) in [6, 6.07) is -7.68. The zero-order valence-corrected chi connectivity index (χ0v) is 59.0. The number of carbonyl (C=O) groups is 11. The quantitative estimate of drug-likeness (QED) is 0.122. The van der Waals surface area contributed by atoms with Crippen LogP contribution in [-0.4, -0.2) is 240 Å². The van der Waals surface area contributed by atoms with Gasteiger partial charge in [-0.25, -0.2) is 0 Å². The lowest BCUT2D eigenvalue weighted by atomic mass is 9.78. The first-order valence-corrected chi connectivity index (χ1v) is 35.0. The van der Waals surface area contributed by atoms with E-state index in [1.165, 1.54) is 64.6 Å². The van der Waals surface area contributed by atoms with E-state index < -0.39 is 162 Å². The molecule has 3 aliphatic carbocycles. The Morgan fingerprint density at radius 2 is 1.29 bits per heavy atom. The van der Waals surface area contributed by atoms with E-state index >= 15 is 9.59 Å². The molecule has 23 nitrogen and oxygen atoms in total. The van der Waals surface area contributed by atoms with Crippen molar-refractivity contribution in [2.24, 2.45) is 35.5 Å². The van der Waals surface area contributed by atoms with Crippen molar-refractivity contribution in [3.8, 4) is 0 Å². The molecule has 0 radical (unpaired) electrons. The zero-order valence-electron chi connectivity index (χ0n) is 58.2. The van der Waals surface area contributed by atoms with Gasteiger partial charge in [0.2, 0.25) is 65.0 Å². The molecule has 534 valence electrons. The fourth-order valence-corrected chi connectivity index (χ4v) is 15.0. The summed E-state index contributed by atoms with van der Waals surface area (Å²) in [4.78, 5) is 170. The lowest BCUT2D eigenvalue weighted by Crippen LogP contribution is -2.64. The SMILES string of the molecule is CCOCCN1CC(=O)N(C)[C@@H](CC2CCCCC2)C(=O)N(C)CC(=O)N[C@@H](CCC2CCC(C(F)(F)F)C(Cl)C2)C(=O)N2CCC[C@H]2C(=O)NC2(CCCC2)C(=O)N(C)[C@@H](C(C)C)C(=O)N[C@H](C)CC(=O)N(C)[C@@H](CC(C)C)C(=O)N[C@@H]([C@@H](C)CC)C(=O)N(C)CC1=O. The number of hydrogen-bond acceptors (Lipinski definition) is 12. The van der Waals surface area contributed by atoms with Crippen LogP contribution in [-0.2, 0) is 57.5 Å².